The first-order valence-corrected chi connectivity index (χ1v) is 10.7. The second-order valence-corrected chi connectivity index (χ2v) is 9.30. The highest BCUT2D eigenvalue weighted by atomic mass is 19.4. The zero-order valence-electron chi connectivity index (χ0n) is 18.6. The van der Waals surface area contributed by atoms with Gasteiger partial charge in [-0.1, -0.05) is 26.8 Å². The van der Waals surface area contributed by atoms with Crippen LogP contribution in [0.25, 0.3) is 16.9 Å². The minimum absolute atomic E-state index is 0.294. The van der Waals surface area contributed by atoms with Crippen molar-refractivity contribution in [3.05, 3.63) is 42.1 Å². The number of aliphatic hydroxyl groups is 1. The number of anilines is 2. The fourth-order valence-corrected chi connectivity index (χ4v) is 3.64. The molecule has 0 unspecified atom stereocenters. The Morgan fingerprint density at radius 2 is 1.82 bits per heavy atom. The van der Waals surface area contributed by atoms with Crippen LogP contribution in [0.1, 0.15) is 39.2 Å². The van der Waals surface area contributed by atoms with E-state index in [1.165, 1.54) is 12.1 Å². The number of piperidine rings is 1. The summed E-state index contributed by atoms with van der Waals surface area (Å²) >= 11 is 0. The Hall–Kier alpha value is -3.14. The van der Waals surface area contributed by atoms with Gasteiger partial charge in [0.25, 0.3) is 0 Å². The number of carbonyl (C=O) groups is 1. The average molecular weight is 461 g/mol. The lowest BCUT2D eigenvalue weighted by Crippen LogP contribution is -2.36. The molecule has 1 aromatic carbocycles. The van der Waals surface area contributed by atoms with Crippen molar-refractivity contribution in [2.24, 2.45) is 5.41 Å². The molecule has 1 aliphatic heterocycles. The zero-order chi connectivity index (χ0) is 24.0. The lowest BCUT2D eigenvalue weighted by Gasteiger charge is -2.30. The quantitative estimate of drug-likeness (QED) is 0.606. The van der Waals surface area contributed by atoms with Crippen molar-refractivity contribution in [2.45, 2.75) is 45.9 Å². The number of alkyl halides is 3. The molecule has 3 heterocycles. The summed E-state index contributed by atoms with van der Waals surface area (Å²) in [5.74, 6) is 0.224. The summed E-state index contributed by atoms with van der Waals surface area (Å²) in [4.78, 5) is 18.9. The SMILES string of the molecule is CC(C)(C)C(=O)Nc1cc(-c2cn3nc(N4CCC(O)CC4)ccc3n2)ccc1C(F)(F)F. The molecule has 33 heavy (non-hydrogen) atoms. The van der Waals surface area contributed by atoms with Gasteiger partial charge in [0.05, 0.1) is 29.2 Å². The Bertz CT molecular complexity index is 1180. The van der Waals surface area contributed by atoms with Gasteiger partial charge in [-0.2, -0.15) is 13.2 Å². The molecule has 1 fully saturated rings. The molecule has 0 bridgehead atoms. The zero-order valence-corrected chi connectivity index (χ0v) is 18.6. The van der Waals surface area contributed by atoms with Gasteiger partial charge in [0.1, 0.15) is 5.82 Å². The van der Waals surface area contributed by atoms with E-state index in [4.69, 9.17) is 0 Å². The molecule has 4 rings (SSSR count). The summed E-state index contributed by atoms with van der Waals surface area (Å²) in [5.41, 5.74) is -0.662. The monoisotopic (exact) mass is 461 g/mol. The summed E-state index contributed by atoms with van der Waals surface area (Å²) in [6.07, 6.45) is -1.92. The van der Waals surface area contributed by atoms with E-state index in [0.717, 1.165) is 11.9 Å². The number of rotatable bonds is 3. The first kappa shape index (κ1) is 23.0. The van der Waals surface area contributed by atoms with Crippen molar-refractivity contribution in [2.75, 3.05) is 23.3 Å². The third-order valence-electron chi connectivity index (χ3n) is 5.64. The Morgan fingerprint density at radius 1 is 1.12 bits per heavy atom. The van der Waals surface area contributed by atoms with Gasteiger partial charge >= 0.3 is 6.18 Å². The number of nitrogens with zero attached hydrogens (tertiary/aromatic N) is 4. The minimum atomic E-state index is -4.61. The number of benzene rings is 1. The second kappa shape index (κ2) is 8.33. The van der Waals surface area contributed by atoms with Gasteiger partial charge in [0, 0.05) is 24.1 Å². The summed E-state index contributed by atoms with van der Waals surface area (Å²) < 4.78 is 42.2. The van der Waals surface area contributed by atoms with Crippen LogP contribution in [0.15, 0.2) is 36.5 Å². The first-order valence-electron chi connectivity index (χ1n) is 10.7. The first-order chi connectivity index (χ1) is 15.4. The van der Waals surface area contributed by atoms with E-state index in [-0.39, 0.29) is 11.8 Å². The molecule has 0 spiro atoms. The highest BCUT2D eigenvalue weighted by Crippen LogP contribution is 2.37. The molecule has 0 radical (unpaired) electrons. The Balaban J connectivity index is 1.68. The van der Waals surface area contributed by atoms with Gasteiger partial charge < -0.3 is 15.3 Å². The summed E-state index contributed by atoms with van der Waals surface area (Å²) in [5, 5.41) is 16.7. The van der Waals surface area contributed by atoms with Gasteiger partial charge in [-0.3, -0.25) is 4.79 Å². The lowest BCUT2D eigenvalue weighted by molar-refractivity contribution is -0.137. The highest BCUT2D eigenvalue weighted by Gasteiger charge is 2.35. The standard InChI is InChI=1S/C23H26F3N5O2/c1-22(2,3)21(33)28-17-12-14(4-5-16(17)23(24,25)26)18-13-31-19(27-18)6-7-20(29-31)30-10-8-15(32)9-11-30/h4-7,12-13,15,32H,8-11H2,1-3H3,(H,28,33). The summed E-state index contributed by atoms with van der Waals surface area (Å²) in [6.45, 7) is 6.28. The van der Waals surface area contributed by atoms with Gasteiger partial charge in [-0.15, -0.1) is 5.10 Å². The molecule has 3 aromatic rings. The molecule has 0 saturated carbocycles. The Morgan fingerprint density at radius 3 is 2.45 bits per heavy atom. The van der Waals surface area contributed by atoms with Gasteiger partial charge in [0.2, 0.25) is 5.91 Å². The van der Waals surface area contributed by atoms with Crippen LogP contribution >= 0.6 is 0 Å². The number of halogens is 3. The van der Waals surface area contributed by atoms with E-state index in [1.807, 2.05) is 6.07 Å². The summed E-state index contributed by atoms with van der Waals surface area (Å²) in [6, 6.07) is 7.22. The van der Waals surface area contributed by atoms with Crippen molar-refractivity contribution in [1.82, 2.24) is 14.6 Å². The fourth-order valence-electron chi connectivity index (χ4n) is 3.64. The van der Waals surface area contributed by atoms with Crippen LogP contribution in [-0.2, 0) is 11.0 Å². The van der Waals surface area contributed by atoms with Crippen LogP contribution in [0.2, 0.25) is 0 Å². The predicted octanol–water partition coefficient (Wildman–Crippen LogP) is 4.36. The lowest BCUT2D eigenvalue weighted by atomic mass is 9.95. The number of hydrogen-bond donors (Lipinski definition) is 2. The Kier molecular flexibility index (Phi) is 5.81. The number of hydrogen-bond acceptors (Lipinski definition) is 5. The molecule has 2 aromatic heterocycles. The van der Waals surface area contributed by atoms with Crippen LogP contribution < -0.4 is 10.2 Å². The molecule has 176 valence electrons. The van der Waals surface area contributed by atoms with Crippen molar-refractivity contribution in [3.63, 3.8) is 0 Å². The summed E-state index contributed by atoms with van der Waals surface area (Å²) in [7, 11) is 0. The molecule has 1 amide bonds. The van der Waals surface area contributed by atoms with Gasteiger partial charge in [0.15, 0.2) is 5.65 Å². The minimum Gasteiger partial charge on any atom is -0.393 e. The fraction of sp³-hybridized carbons (Fsp3) is 0.435. The van der Waals surface area contributed by atoms with Crippen LogP contribution in [0.4, 0.5) is 24.7 Å². The van der Waals surface area contributed by atoms with Gasteiger partial charge in [-0.05, 0) is 37.1 Å². The van der Waals surface area contributed by atoms with E-state index >= 15 is 0 Å². The highest BCUT2D eigenvalue weighted by molar-refractivity contribution is 5.96. The van der Waals surface area contributed by atoms with Crippen LogP contribution in [-0.4, -0.2) is 44.8 Å². The van der Waals surface area contributed by atoms with Gasteiger partial charge in [-0.25, -0.2) is 9.50 Å². The molecular weight excluding hydrogens is 435 g/mol. The number of amides is 1. The maximum absolute atomic E-state index is 13.5. The van der Waals surface area contributed by atoms with Crippen molar-refractivity contribution >= 4 is 23.1 Å². The average Bonchev–Trinajstić information content (AvgIpc) is 3.16. The third kappa shape index (κ3) is 4.95. The molecule has 0 atom stereocenters. The number of nitrogens with one attached hydrogen (secondary N) is 1. The van der Waals surface area contributed by atoms with Crippen LogP contribution in [0.3, 0.4) is 0 Å². The van der Waals surface area contributed by atoms with E-state index in [0.29, 0.717) is 42.8 Å². The van der Waals surface area contributed by atoms with Crippen molar-refractivity contribution < 1.29 is 23.1 Å². The largest absolute Gasteiger partial charge is 0.418 e. The smallest absolute Gasteiger partial charge is 0.393 e. The van der Waals surface area contributed by atoms with Crippen molar-refractivity contribution in [1.29, 1.82) is 0 Å². The number of carbonyl (C=O) groups excluding carboxylic acids is 1. The molecule has 1 aliphatic rings. The molecule has 0 aliphatic carbocycles. The maximum atomic E-state index is 13.5. The Labute approximate surface area is 189 Å². The third-order valence-corrected chi connectivity index (χ3v) is 5.64. The maximum Gasteiger partial charge on any atom is 0.418 e. The number of fused-ring (bicyclic) bond motifs is 1. The van der Waals surface area contributed by atoms with E-state index in [9.17, 15) is 23.1 Å². The number of aliphatic hydroxyl groups excluding tert-OH is 1. The number of aromatic nitrogens is 3. The van der Waals surface area contributed by atoms with Crippen molar-refractivity contribution in [3.8, 4) is 11.3 Å². The van der Waals surface area contributed by atoms with E-state index in [2.05, 4.69) is 20.3 Å². The van der Waals surface area contributed by atoms with Crippen LogP contribution in [0, 0.1) is 5.41 Å². The van der Waals surface area contributed by atoms with E-state index in [1.54, 1.807) is 37.5 Å². The topological polar surface area (TPSA) is 82.8 Å². The molecule has 10 heteroatoms. The molecule has 7 nitrogen and oxygen atoms in total. The molecular formula is C23H26F3N5O2. The van der Waals surface area contributed by atoms with E-state index < -0.39 is 23.1 Å². The normalized spacial score (nSPS) is 15.8. The predicted molar refractivity (Wildman–Crippen MR) is 119 cm³/mol. The molecule has 1 saturated heterocycles. The second-order valence-electron chi connectivity index (χ2n) is 9.30. The van der Waals surface area contributed by atoms with Crippen LogP contribution in [0.5, 0.6) is 0 Å². The molecule has 2 N–H and O–H groups in total. The number of imidazole rings is 1.